The normalized spacial score (nSPS) is 15.3. The van der Waals surface area contributed by atoms with Gasteiger partial charge in [0.25, 0.3) is 0 Å². The van der Waals surface area contributed by atoms with Crippen LogP contribution in [-0.4, -0.2) is 62.6 Å². The summed E-state index contributed by atoms with van der Waals surface area (Å²) in [4.78, 5) is 26.1. The number of halogens is 1. The smallest absolute Gasteiger partial charge is 0.246 e. The SMILES string of the molecule is CN=C(NCc1cn2ccsc2n1)N1CCN(c2cnn(C)c2)C(=O)C1.I. The molecule has 144 valence electrons. The van der Waals surface area contributed by atoms with Crippen molar-refractivity contribution in [3.05, 3.63) is 35.9 Å². The van der Waals surface area contributed by atoms with Crippen molar-refractivity contribution in [2.45, 2.75) is 6.54 Å². The van der Waals surface area contributed by atoms with Crippen molar-refractivity contribution in [2.75, 3.05) is 31.6 Å². The van der Waals surface area contributed by atoms with Gasteiger partial charge in [-0.2, -0.15) is 5.10 Å². The van der Waals surface area contributed by atoms with E-state index in [0.29, 0.717) is 25.6 Å². The van der Waals surface area contributed by atoms with Crippen LogP contribution >= 0.6 is 35.3 Å². The Bertz CT molecular complexity index is 932. The molecule has 0 atom stereocenters. The number of nitrogens with zero attached hydrogens (tertiary/aromatic N) is 7. The molecule has 27 heavy (non-hydrogen) atoms. The van der Waals surface area contributed by atoms with E-state index in [1.165, 1.54) is 0 Å². The number of carbonyl (C=O) groups is 1. The molecule has 0 saturated carbocycles. The summed E-state index contributed by atoms with van der Waals surface area (Å²) in [6.07, 6.45) is 7.55. The highest BCUT2D eigenvalue weighted by Crippen LogP contribution is 2.16. The highest BCUT2D eigenvalue weighted by molar-refractivity contribution is 14.0. The predicted molar refractivity (Wildman–Crippen MR) is 116 cm³/mol. The first kappa shape index (κ1) is 19.6. The second kappa shape index (κ2) is 8.25. The molecule has 1 aliphatic rings. The standard InChI is InChI=1S/C16H20N8OS.HI/c1-17-15(18-7-12-9-23-5-6-26-16(23)20-12)22-3-4-24(14(25)11-22)13-8-19-21(2)10-13;/h5-6,8-10H,3-4,7,11H2,1-2H3,(H,17,18);1H. The zero-order chi connectivity index (χ0) is 18.1. The molecule has 1 saturated heterocycles. The molecule has 0 bridgehead atoms. The van der Waals surface area contributed by atoms with E-state index < -0.39 is 0 Å². The number of amides is 1. The summed E-state index contributed by atoms with van der Waals surface area (Å²) < 4.78 is 3.70. The van der Waals surface area contributed by atoms with Crippen molar-refractivity contribution in [1.29, 1.82) is 0 Å². The lowest BCUT2D eigenvalue weighted by molar-refractivity contribution is -0.120. The molecular weight excluding hydrogens is 479 g/mol. The lowest BCUT2D eigenvalue weighted by atomic mass is 10.3. The number of imidazole rings is 1. The molecule has 0 aromatic carbocycles. The zero-order valence-corrected chi connectivity index (χ0v) is 18.2. The Morgan fingerprint density at radius 2 is 2.22 bits per heavy atom. The molecule has 0 aliphatic carbocycles. The highest BCUT2D eigenvalue weighted by Gasteiger charge is 2.27. The summed E-state index contributed by atoms with van der Waals surface area (Å²) >= 11 is 1.60. The van der Waals surface area contributed by atoms with Gasteiger partial charge in [0, 0.05) is 51.2 Å². The molecule has 1 aliphatic heterocycles. The Hall–Kier alpha value is -2.15. The molecule has 1 fully saturated rings. The number of aryl methyl sites for hydroxylation is 1. The van der Waals surface area contributed by atoms with E-state index in [2.05, 4.69) is 20.4 Å². The Morgan fingerprint density at radius 3 is 2.89 bits per heavy atom. The average Bonchev–Trinajstić information content (AvgIpc) is 3.32. The predicted octanol–water partition coefficient (Wildman–Crippen LogP) is 1.17. The van der Waals surface area contributed by atoms with Crippen LogP contribution in [0, 0.1) is 0 Å². The number of guanidine groups is 1. The second-order valence-corrected chi connectivity index (χ2v) is 6.94. The van der Waals surface area contributed by atoms with Crippen LogP contribution in [0.25, 0.3) is 4.96 Å². The zero-order valence-electron chi connectivity index (χ0n) is 15.1. The average molecular weight is 500 g/mol. The summed E-state index contributed by atoms with van der Waals surface area (Å²) in [6.45, 7) is 2.16. The fraction of sp³-hybridized carbons (Fsp3) is 0.375. The van der Waals surface area contributed by atoms with E-state index in [0.717, 1.165) is 16.3 Å². The van der Waals surface area contributed by atoms with Gasteiger partial charge in [-0.05, 0) is 0 Å². The van der Waals surface area contributed by atoms with Gasteiger partial charge in [0.05, 0.1) is 24.1 Å². The Morgan fingerprint density at radius 1 is 1.37 bits per heavy atom. The van der Waals surface area contributed by atoms with Crippen LogP contribution in [0.1, 0.15) is 5.69 Å². The number of aromatic nitrogens is 4. The van der Waals surface area contributed by atoms with Crippen LogP contribution < -0.4 is 10.2 Å². The van der Waals surface area contributed by atoms with Gasteiger partial charge >= 0.3 is 0 Å². The molecule has 1 N–H and O–H groups in total. The van der Waals surface area contributed by atoms with Crippen LogP contribution in [0.15, 0.2) is 35.2 Å². The molecular formula is C16H21IN8OS. The maximum absolute atomic E-state index is 12.5. The van der Waals surface area contributed by atoms with Crippen molar-refractivity contribution in [3.63, 3.8) is 0 Å². The molecule has 0 radical (unpaired) electrons. The Kier molecular flexibility index (Phi) is 5.99. The van der Waals surface area contributed by atoms with Gasteiger partial charge in [0.15, 0.2) is 10.9 Å². The summed E-state index contributed by atoms with van der Waals surface area (Å²) in [5.74, 6) is 0.746. The van der Waals surface area contributed by atoms with Gasteiger partial charge in [-0.15, -0.1) is 35.3 Å². The fourth-order valence-corrected chi connectivity index (χ4v) is 3.76. The molecule has 4 heterocycles. The molecule has 11 heteroatoms. The Labute approximate surface area is 177 Å². The van der Waals surface area contributed by atoms with Gasteiger partial charge < -0.3 is 15.1 Å². The van der Waals surface area contributed by atoms with Crippen molar-refractivity contribution in [1.82, 2.24) is 29.4 Å². The quantitative estimate of drug-likeness (QED) is 0.332. The number of aliphatic imine (C=N–C) groups is 1. The molecule has 0 spiro atoms. The van der Waals surface area contributed by atoms with E-state index in [-0.39, 0.29) is 36.4 Å². The number of carbonyl (C=O) groups excluding carboxylic acids is 1. The largest absolute Gasteiger partial charge is 0.351 e. The first-order valence-corrected chi connectivity index (χ1v) is 9.17. The third kappa shape index (κ3) is 4.08. The topological polar surface area (TPSA) is 83.1 Å². The monoisotopic (exact) mass is 500 g/mol. The number of rotatable bonds is 3. The van der Waals surface area contributed by atoms with Gasteiger partial charge in [-0.3, -0.25) is 18.9 Å². The number of fused-ring (bicyclic) bond motifs is 1. The molecule has 4 rings (SSSR count). The van der Waals surface area contributed by atoms with E-state index in [1.807, 2.05) is 40.3 Å². The summed E-state index contributed by atoms with van der Waals surface area (Å²) in [5.41, 5.74) is 1.77. The van der Waals surface area contributed by atoms with Gasteiger partial charge in [-0.1, -0.05) is 0 Å². The van der Waals surface area contributed by atoms with Crippen LogP contribution in [0.5, 0.6) is 0 Å². The third-order valence-corrected chi connectivity index (χ3v) is 5.08. The summed E-state index contributed by atoms with van der Waals surface area (Å²) in [7, 11) is 3.57. The van der Waals surface area contributed by atoms with Crippen molar-refractivity contribution >= 4 is 57.8 Å². The molecule has 3 aromatic heterocycles. The number of hydrogen-bond acceptors (Lipinski definition) is 5. The van der Waals surface area contributed by atoms with E-state index in [1.54, 1.807) is 34.2 Å². The lowest BCUT2D eigenvalue weighted by Crippen LogP contribution is -2.55. The number of thiazole rings is 1. The minimum atomic E-state index is 0. The minimum Gasteiger partial charge on any atom is -0.351 e. The first-order valence-electron chi connectivity index (χ1n) is 8.30. The number of hydrogen-bond donors (Lipinski definition) is 1. The van der Waals surface area contributed by atoms with E-state index in [9.17, 15) is 4.79 Å². The number of piperazine rings is 1. The lowest BCUT2D eigenvalue weighted by Gasteiger charge is -2.35. The van der Waals surface area contributed by atoms with E-state index >= 15 is 0 Å². The third-order valence-electron chi connectivity index (χ3n) is 4.31. The highest BCUT2D eigenvalue weighted by atomic mass is 127. The minimum absolute atomic E-state index is 0. The second-order valence-electron chi connectivity index (χ2n) is 6.06. The van der Waals surface area contributed by atoms with Gasteiger partial charge in [-0.25, -0.2) is 4.98 Å². The van der Waals surface area contributed by atoms with Crippen LogP contribution in [-0.2, 0) is 18.4 Å². The summed E-state index contributed by atoms with van der Waals surface area (Å²) in [6, 6.07) is 0. The van der Waals surface area contributed by atoms with Gasteiger partial charge in [0.1, 0.15) is 6.54 Å². The van der Waals surface area contributed by atoms with Crippen molar-refractivity contribution in [2.24, 2.45) is 12.0 Å². The summed E-state index contributed by atoms with van der Waals surface area (Å²) in [5, 5.41) is 9.45. The van der Waals surface area contributed by atoms with Gasteiger partial charge in [0.2, 0.25) is 5.91 Å². The maximum atomic E-state index is 12.5. The molecule has 0 unspecified atom stereocenters. The number of anilines is 1. The maximum Gasteiger partial charge on any atom is 0.246 e. The molecule has 3 aromatic rings. The number of nitrogens with one attached hydrogen (secondary N) is 1. The molecule has 9 nitrogen and oxygen atoms in total. The van der Waals surface area contributed by atoms with Crippen molar-refractivity contribution in [3.8, 4) is 0 Å². The van der Waals surface area contributed by atoms with E-state index in [4.69, 9.17) is 0 Å². The molecule has 1 amide bonds. The van der Waals surface area contributed by atoms with Crippen LogP contribution in [0.2, 0.25) is 0 Å². The fourth-order valence-electron chi connectivity index (χ4n) is 3.04. The van der Waals surface area contributed by atoms with Crippen LogP contribution in [0.3, 0.4) is 0 Å². The van der Waals surface area contributed by atoms with Crippen molar-refractivity contribution < 1.29 is 4.79 Å². The van der Waals surface area contributed by atoms with Crippen LogP contribution in [0.4, 0.5) is 5.69 Å². The Balaban J connectivity index is 0.00000210. The first-order chi connectivity index (χ1) is 12.6.